The summed E-state index contributed by atoms with van der Waals surface area (Å²) in [5.74, 6) is -5.60. The first-order valence-electron chi connectivity index (χ1n) is 10.7. The molecule has 2 aliphatic rings. The monoisotopic (exact) mass is 458 g/mol. The van der Waals surface area contributed by atoms with Crippen LogP contribution in [0.2, 0.25) is 0 Å². The minimum absolute atomic E-state index is 0.0972. The van der Waals surface area contributed by atoms with E-state index >= 15 is 0 Å². The van der Waals surface area contributed by atoms with Crippen LogP contribution in [0.25, 0.3) is 11.1 Å². The quantitative estimate of drug-likeness (QED) is 0.689. The molecule has 2 aromatic carbocycles. The average molecular weight is 458 g/mol. The highest BCUT2D eigenvalue weighted by atomic mass is 19.3. The number of alkyl halides is 2. The van der Waals surface area contributed by atoms with E-state index in [2.05, 4.69) is 5.32 Å². The van der Waals surface area contributed by atoms with Crippen LogP contribution in [0, 0.1) is 0 Å². The van der Waals surface area contributed by atoms with Gasteiger partial charge in [-0.15, -0.1) is 0 Å². The predicted octanol–water partition coefficient (Wildman–Crippen LogP) is 3.62. The molecule has 2 amide bonds. The Hall–Kier alpha value is -3.49. The van der Waals surface area contributed by atoms with Crippen molar-refractivity contribution < 1.29 is 33.0 Å². The summed E-state index contributed by atoms with van der Waals surface area (Å²) >= 11 is 0. The normalized spacial score (nSPS) is 19.5. The van der Waals surface area contributed by atoms with Crippen LogP contribution >= 0.6 is 0 Å². The summed E-state index contributed by atoms with van der Waals surface area (Å²) in [4.78, 5) is 36.7. The Balaban J connectivity index is 1.33. The highest BCUT2D eigenvalue weighted by molar-refractivity contribution is 5.85. The Bertz CT molecular complexity index is 1040. The Morgan fingerprint density at radius 2 is 1.70 bits per heavy atom. The lowest BCUT2D eigenvalue weighted by atomic mass is 9.98. The van der Waals surface area contributed by atoms with Gasteiger partial charge in [-0.05, 0) is 29.2 Å². The zero-order valence-corrected chi connectivity index (χ0v) is 18.0. The second-order valence-corrected chi connectivity index (χ2v) is 8.51. The molecule has 1 heterocycles. The van der Waals surface area contributed by atoms with E-state index in [9.17, 15) is 23.2 Å². The van der Waals surface area contributed by atoms with Crippen molar-refractivity contribution in [3.8, 4) is 11.1 Å². The first-order valence-corrected chi connectivity index (χ1v) is 10.7. The molecule has 2 atom stereocenters. The maximum absolute atomic E-state index is 13.6. The summed E-state index contributed by atoms with van der Waals surface area (Å²) in [6.45, 7) is 0.684. The molecule has 9 heteroatoms. The summed E-state index contributed by atoms with van der Waals surface area (Å²) in [5, 5.41) is 11.7. The molecule has 7 nitrogen and oxygen atoms in total. The number of halogens is 2. The molecule has 1 aliphatic carbocycles. The van der Waals surface area contributed by atoms with Gasteiger partial charge >= 0.3 is 12.1 Å². The lowest BCUT2D eigenvalue weighted by Crippen LogP contribution is -2.44. The van der Waals surface area contributed by atoms with Crippen LogP contribution in [0.1, 0.15) is 36.8 Å². The minimum Gasteiger partial charge on any atom is -0.480 e. The van der Waals surface area contributed by atoms with E-state index in [-0.39, 0.29) is 18.9 Å². The number of hydrogen-bond acceptors (Lipinski definition) is 4. The number of amides is 2. The van der Waals surface area contributed by atoms with E-state index in [0.29, 0.717) is 4.90 Å². The van der Waals surface area contributed by atoms with Crippen molar-refractivity contribution in [2.45, 2.75) is 43.7 Å². The number of alkyl carbamates (subject to hydrolysis) is 1. The lowest BCUT2D eigenvalue weighted by molar-refractivity contribution is -0.148. The van der Waals surface area contributed by atoms with Gasteiger partial charge in [-0.2, -0.15) is 0 Å². The zero-order valence-electron chi connectivity index (χ0n) is 18.0. The summed E-state index contributed by atoms with van der Waals surface area (Å²) in [6, 6.07) is 13.5. The SMILES string of the molecule is CC(CC(=O)N1CC(F)(F)C[C@H]1C(=O)O)NC(=O)OCC1c2ccccc2-c2ccccc21. The fraction of sp³-hybridized carbons (Fsp3) is 0.375. The molecular formula is C24H24F2N2O5. The Morgan fingerprint density at radius 3 is 2.27 bits per heavy atom. The third-order valence-electron chi connectivity index (χ3n) is 6.06. The molecule has 1 aliphatic heterocycles. The second-order valence-electron chi connectivity index (χ2n) is 8.51. The van der Waals surface area contributed by atoms with Gasteiger partial charge in [0, 0.05) is 24.8 Å². The molecule has 1 unspecified atom stereocenters. The van der Waals surface area contributed by atoms with E-state index in [1.165, 1.54) is 6.92 Å². The smallest absolute Gasteiger partial charge is 0.407 e. The maximum atomic E-state index is 13.6. The summed E-state index contributed by atoms with van der Waals surface area (Å²) in [7, 11) is 0. The number of carboxylic acid groups (broad SMARTS) is 1. The molecule has 2 aromatic rings. The minimum atomic E-state index is -3.25. The third kappa shape index (κ3) is 4.67. The van der Waals surface area contributed by atoms with Crippen molar-refractivity contribution in [3.63, 3.8) is 0 Å². The number of carbonyl (C=O) groups is 3. The first kappa shape index (κ1) is 22.7. The van der Waals surface area contributed by atoms with Gasteiger partial charge in [-0.1, -0.05) is 48.5 Å². The fourth-order valence-corrected chi connectivity index (χ4v) is 4.57. The maximum Gasteiger partial charge on any atom is 0.407 e. The van der Waals surface area contributed by atoms with Crippen molar-refractivity contribution in [2.75, 3.05) is 13.2 Å². The molecule has 33 heavy (non-hydrogen) atoms. The van der Waals surface area contributed by atoms with E-state index in [1.54, 1.807) is 0 Å². The van der Waals surface area contributed by atoms with Gasteiger partial charge < -0.3 is 20.1 Å². The number of carbonyl (C=O) groups excluding carboxylic acids is 2. The van der Waals surface area contributed by atoms with Crippen LogP contribution in [-0.2, 0) is 14.3 Å². The number of hydrogen-bond donors (Lipinski definition) is 2. The van der Waals surface area contributed by atoms with Crippen LogP contribution in [0.4, 0.5) is 13.6 Å². The number of fused-ring (bicyclic) bond motifs is 3. The van der Waals surface area contributed by atoms with Gasteiger partial charge in [0.05, 0.1) is 6.54 Å². The summed E-state index contributed by atoms with van der Waals surface area (Å²) in [5.41, 5.74) is 4.31. The zero-order chi connectivity index (χ0) is 23.8. The highest BCUT2D eigenvalue weighted by Crippen LogP contribution is 2.44. The van der Waals surface area contributed by atoms with E-state index in [0.717, 1.165) is 22.3 Å². The number of aliphatic carboxylic acids is 1. The van der Waals surface area contributed by atoms with Gasteiger partial charge in [0.15, 0.2) is 0 Å². The van der Waals surface area contributed by atoms with Gasteiger partial charge in [0.25, 0.3) is 5.92 Å². The first-order chi connectivity index (χ1) is 15.7. The molecule has 1 fully saturated rings. The Kier molecular flexibility index (Phi) is 6.05. The van der Waals surface area contributed by atoms with Crippen molar-refractivity contribution in [1.29, 1.82) is 0 Å². The Morgan fingerprint density at radius 1 is 1.12 bits per heavy atom. The highest BCUT2D eigenvalue weighted by Gasteiger charge is 2.50. The average Bonchev–Trinajstić information content (AvgIpc) is 3.26. The van der Waals surface area contributed by atoms with Gasteiger partial charge in [0.2, 0.25) is 5.91 Å². The molecule has 0 radical (unpaired) electrons. The standard InChI is InChI=1S/C24H24F2N2O5/c1-14(10-21(29)28-13-24(25,26)11-20(28)22(30)31)27-23(32)33-12-19-17-8-4-2-6-15(17)16-7-3-5-9-18(16)19/h2-9,14,19-20H,10-13H2,1H3,(H,27,32)(H,30,31)/t14?,20-/m0/s1. The Labute approximate surface area is 189 Å². The topological polar surface area (TPSA) is 95.9 Å². The molecule has 0 aromatic heterocycles. The molecule has 2 N–H and O–H groups in total. The van der Waals surface area contributed by atoms with Crippen molar-refractivity contribution in [2.24, 2.45) is 0 Å². The second kappa shape index (κ2) is 8.80. The number of ether oxygens (including phenoxy) is 1. The molecule has 1 saturated heterocycles. The number of nitrogens with zero attached hydrogens (tertiary/aromatic N) is 1. The van der Waals surface area contributed by atoms with Crippen LogP contribution in [0.3, 0.4) is 0 Å². The molecule has 174 valence electrons. The summed E-state index contributed by atoms with van der Waals surface area (Å²) in [6.07, 6.45) is -1.97. The third-order valence-corrected chi connectivity index (χ3v) is 6.06. The number of carboxylic acids is 1. The number of likely N-dealkylation sites (tertiary alicyclic amines) is 1. The molecule has 0 spiro atoms. The van der Waals surface area contributed by atoms with Gasteiger partial charge in [0.1, 0.15) is 12.6 Å². The van der Waals surface area contributed by atoms with E-state index < -0.39 is 48.9 Å². The number of benzene rings is 2. The lowest BCUT2D eigenvalue weighted by Gasteiger charge is -2.23. The number of nitrogens with one attached hydrogen (secondary N) is 1. The van der Waals surface area contributed by atoms with Crippen molar-refractivity contribution >= 4 is 18.0 Å². The van der Waals surface area contributed by atoms with Crippen LogP contribution in [0.15, 0.2) is 48.5 Å². The molecule has 0 saturated carbocycles. The van der Waals surface area contributed by atoms with E-state index in [4.69, 9.17) is 9.84 Å². The predicted molar refractivity (Wildman–Crippen MR) is 115 cm³/mol. The summed E-state index contributed by atoms with van der Waals surface area (Å²) < 4.78 is 32.7. The van der Waals surface area contributed by atoms with Crippen LogP contribution in [0.5, 0.6) is 0 Å². The molecular weight excluding hydrogens is 434 g/mol. The van der Waals surface area contributed by atoms with E-state index in [1.807, 2.05) is 48.5 Å². The fourth-order valence-electron chi connectivity index (χ4n) is 4.57. The molecule has 4 rings (SSSR count). The molecule has 0 bridgehead atoms. The van der Waals surface area contributed by atoms with Crippen LogP contribution in [-0.4, -0.2) is 59.1 Å². The number of rotatable bonds is 6. The largest absolute Gasteiger partial charge is 0.480 e. The van der Waals surface area contributed by atoms with Crippen molar-refractivity contribution in [1.82, 2.24) is 10.2 Å². The van der Waals surface area contributed by atoms with Gasteiger partial charge in [-0.3, -0.25) is 4.79 Å². The van der Waals surface area contributed by atoms with Crippen molar-refractivity contribution in [3.05, 3.63) is 59.7 Å². The van der Waals surface area contributed by atoms with Gasteiger partial charge in [-0.25, -0.2) is 18.4 Å². The van der Waals surface area contributed by atoms with Crippen LogP contribution < -0.4 is 5.32 Å².